The molecule has 2 heteroatoms. The highest BCUT2D eigenvalue weighted by Crippen LogP contribution is 2.50. The molecule has 0 heterocycles. The van der Waals surface area contributed by atoms with Crippen LogP contribution in [0, 0.1) is 0 Å². The molecule has 0 saturated carbocycles. The fourth-order valence-electron chi connectivity index (χ4n) is 3.93. The SMILES string of the molecule is COCC1(CSCc2ccccc2)c2ccccc2-c2ccccc21. The number of methoxy groups -OCH3 is 1. The summed E-state index contributed by atoms with van der Waals surface area (Å²) in [5.74, 6) is 2.04. The molecular formula is C23H22OS. The Morgan fingerprint density at radius 3 is 1.92 bits per heavy atom. The lowest BCUT2D eigenvalue weighted by atomic mass is 9.81. The Bertz CT molecular complexity index is 811. The lowest BCUT2D eigenvalue weighted by Crippen LogP contribution is -2.33. The van der Waals surface area contributed by atoms with E-state index in [0.29, 0.717) is 6.61 Å². The molecule has 0 spiro atoms. The molecule has 0 radical (unpaired) electrons. The van der Waals surface area contributed by atoms with E-state index in [0.717, 1.165) is 11.5 Å². The van der Waals surface area contributed by atoms with Gasteiger partial charge in [0.15, 0.2) is 0 Å². The van der Waals surface area contributed by atoms with Gasteiger partial charge in [-0.15, -0.1) is 0 Å². The van der Waals surface area contributed by atoms with Crippen molar-refractivity contribution < 1.29 is 4.74 Å². The molecule has 0 fully saturated rings. The van der Waals surface area contributed by atoms with E-state index in [1.165, 1.54) is 27.8 Å². The van der Waals surface area contributed by atoms with Gasteiger partial charge in [-0.1, -0.05) is 78.9 Å². The van der Waals surface area contributed by atoms with Gasteiger partial charge < -0.3 is 4.74 Å². The number of benzene rings is 3. The molecule has 0 saturated heterocycles. The van der Waals surface area contributed by atoms with Crippen LogP contribution in [0.5, 0.6) is 0 Å². The highest BCUT2D eigenvalue weighted by Gasteiger charge is 2.42. The number of hydrogen-bond acceptors (Lipinski definition) is 2. The Labute approximate surface area is 154 Å². The minimum atomic E-state index is -0.0681. The molecule has 0 aliphatic heterocycles. The summed E-state index contributed by atoms with van der Waals surface area (Å²) in [4.78, 5) is 0. The fraction of sp³-hybridized carbons (Fsp3) is 0.217. The molecule has 3 aromatic carbocycles. The molecule has 0 amide bonds. The predicted molar refractivity (Wildman–Crippen MR) is 107 cm³/mol. The zero-order chi connectivity index (χ0) is 17.1. The standard InChI is InChI=1S/C23H22OS/c1-24-16-23(17-25-15-18-9-3-2-4-10-18)21-13-7-5-11-19(21)20-12-6-8-14-22(20)23/h2-14H,15-17H2,1H3. The van der Waals surface area contributed by atoms with E-state index in [9.17, 15) is 0 Å². The van der Waals surface area contributed by atoms with Crippen LogP contribution >= 0.6 is 11.8 Å². The molecule has 25 heavy (non-hydrogen) atoms. The quantitative estimate of drug-likeness (QED) is 0.580. The average Bonchev–Trinajstić information content (AvgIpc) is 2.94. The van der Waals surface area contributed by atoms with E-state index in [1.54, 1.807) is 0 Å². The smallest absolute Gasteiger partial charge is 0.0608 e. The molecule has 4 rings (SSSR count). The van der Waals surface area contributed by atoms with Crippen LogP contribution in [0.4, 0.5) is 0 Å². The van der Waals surface area contributed by atoms with Gasteiger partial charge in [0.05, 0.1) is 12.0 Å². The Morgan fingerprint density at radius 2 is 1.32 bits per heavy atom. The summed E-state index contributed by atoms with van der Waals surface area (Å²) in [5, 5.41) is 0. The van der Waals surface area contributed by atoms with Gasteiger partial charge in [0.2, 0.25) is 0 Å². The van der Waals surface area contributed by atoms with Gasteiger partial charge in [0, 0.05) is 18.6 Å². The molecule has 1 aliphatic rings. The van der Waals surface area contributed by atoms with Crippen LogP contribution in [-0.2, 0) is 15.9 Å². The number of thioether (sulfide) groups is 1. The summed E-state index contributed by atoms with van der Waals surface area (Å²) in [6.45, 7) is 0.711. The van der Waals surface area contributed by atoms with Gasteiger partial charge in [-0.05, 0) is 27.8 Å². The van der Waals surface area contributed by atoms with E-state index in [2.05, 4.69) is 78.9 Å². The average molecular weight is 346 g/mol. The maximum Gasteiger partial charge on any atom is 0.0608 e. The Kier molecular flexibility index (Phi) is 4.65. The predicted octanol–water partition coefficient (Wildman–Crippen LogP) is 5.53. The van der Waals surface area contributed by atoms with Crippen LogP contribution in [-0.4, -0.2) is 19.5 Å². The normalized spacial score (nSPS) is 14.1. The zero-order valence-corrected chi connectivity index (χ0v) is 15.3. The lowest BCUT2D eigenvalue weighted by molar-refractivity contribution is 0.159. The molecule has 126 valence electrons. The summed E-state index contributed by atoms with van der Waals surface area (Å²) in [7, 11) is 1.81. The molecule has 3 aromatic rings. The van der Waals surface area contributed by atoms with Crippen LogP contribution in [0.1, 0.15) is 16.7 Å². The maximum absolute atomic E-state index is 5.73. The topological polar surface area (TPSA) is 9.23 Å². The second-order valence-corrected chi connectivity index (χ2v) is 7.57. The summed E-state index contributed by atoms with van der Waals surface area (Å²) in [5.41, 5.74) is 6.82. The van der Waals surface area contributed by atoms with Crippen molar-refractivity contribution >= 4 is 11.8 Å². The molecule has 0 aromatic heterocycles. The van der Waals surface area contributed by atoms with Gasteiger partial charge in [-0.3, -0.25) is 0 Å². The molecule has 0 N–H and O–H groups in total. The first kappa shape index (κ1) is 16.4. The van der Waals surface area contributed by atoms with Gasteiger partial charge >= 0.3 is 0 Å². The molecular weight excluding hydrogens is 324 g/mol. The third kappa shape index (κ3) is 2.90. The van der Waals surface area contributed by atoms with Crippen molar-refractivity contribution in [3.8, 4) is 11.1 Å². The van der Waals surface area contributed by atoms with Crippen LogP contribution in [0.15, 0.2) is 78.9 Å². The van der Waals surface area contributed by atoms with Crippen molar-refractivity contribution in [3.05, 3.63) is 95.6 Å². The molecule has 0 atom stereocenters. The first-order valence-corrected chi connectivity index (χ1v) is 9.81. The molecule has 1 nitrogen and oxygen atoms in total. The van der Waals surface area contributed by atoms with Gasteiger partial charge in [-0.25, -0.2) is 0 Å². The monoisotopic (exact) mass is 346 g/mol. The minimum Gasteiger partial charge on any atom is -0.383 e. The Morgan fingerprint density at radius 1 is 0.760 bits per heavy atom. The third-order valence-electron chi connectivity index (χ3n) is 5.03. The van der Waals surface area contributed by atoms with Crippen LogP contribution in [0.25, 0.3) is 11.1 Å². The molecule has 0 bridgehead atoms. The second kappa shape index (κ2) is 7.07. The highest BCUT2D eigenvalue weighted by molar-refractivity contribution is 7.98. The van der Waals surface area contributed by atoms with E-state index in [4.69, 9.17) is 4.74 Å². The minimum absolute atomic E-state index is 0.0681. The van der Waals surface area contributed by atoms with Crippen molar-refractivity contribution in [2.45, 2.75) is 11.2 Å². The first-order valence-electron chi connectivity index (χ1n) is 8.65. The Hall–Kier alpha value is -2.03. The van der Waals surface area contributed by atoms with Crippen LogP contribution in [0.3, 0.4) is 0 Å². The van der Waals surface area contributed by atoms with Crippen LogP contribution in [0.2, 0.25) is 0 Å². The fourth-order valence-corrected chi connectivity index (χ4v) is 5.21. The summed E-state index contributed by atoms with van der Waals surface area (Å²) >= 11 is 1.99. The number of hydrogen-bond donors (Lipinski definition) is 0. The van der Waals surface area contributed by atoms with E-state index >= 15 is 0 Å². The maximum atomic E-state index is 5.73. The van der Waals surface area contributed by atoms with Crippen molar-refractivity contribution in [1.29, 1.82) is 0 Å². The number of ether oxygens (including phenoxy) is 1. The summed E-state index contributed by atoms with van der Waals surface area (Å²) in [6, 6.07) is 28.3. The van der Waals surface area contributed by atoms with E-state index in [-0.39, 0.29) is 5.41 Å². The van der Waals surface area contributed by atoms with Gasteiger partial charge in [0.1, 0.15) is 0 Å². The lowest BCUT2D eigenvalue weighted by Gasteiger charge is -2.31. The van der Waals surface area contributed by atoms with Gasteiger partial charge in [0.25, 0.3) is 0 Å². The Balaban J connectivity index is 1.70. The largest absolute Gasteiger partial charge is 0.383 e. The van der Waals surface area contributed by atoms with Crippen molar-refractivity contribution in [3.63, 3.8) is 0 Å². The van der Waals surface area contributed by atoms with Crippen molar-refractivity contribution in [2.75, 3.05) is 19.5 Å². The summed E-state index contributed by atoms with van der Waals surface area (Å²) < 4.78 is 5.73. The zero-order valence-electron chi connectivity index (χ0n) is 14.4. The van der Waals surface area contributed by atoms with Crippen LogP contribution < -0.4 is 0 Å². The van der Waals surface area contributed by atoms with Crippen molar-refractivity contribution in [2.24, 2.45) is 0 Å². The molecule has 0 unspecified atom stereocenters. The molecule has 1 aliphatic carbocycles. The van der Waals surface area contributed by atoms with Gasteiger partial charge in [-0.2, -0.15) is 11.8 Å². The van der Waals surface area contributed by atoms with E-state index in [1.807, 2.05) is 18.9 Å². The third-order valence-corrected chi connectivity index (χ3v) is 6.26. The number of rotatable bonds is 6. The first-order chi connectivity index (χ1) is 12.3. The second-order valence-electron chi connectivity index (χ2n) is 6.58. The summed E-state index contributed by atoms with van der Waals surface area (Å²) in [6.07, 6.45) is 0. The number of fused-ring (bicyclic) bond motifs is 3. The highest BCUT2D eigenvalue weighted by atomic mass is 32.2. The van der Waals surface area contributed by atoms with E-state index < -0.39 is 0 Å². The van der Waals surface area contributed by atoms with Crippen molar-refractivity contribution in [1.82, 2.24) is 0 Å².